The molecule has 0 aromatic heterocycles. The van der Waals surface area contributed by atoms with Crippen molar-refractivity contribution in [3.8, 4) is 6.07 Å². The number of nitrogens with one attached hydrogen (secondary N) is 1. The van der Waals surface area contributed by atoms with Crippen LogP contribution in [0.15, 0.2) is 18.2 Å². The van der Waals surface area contributed by atoms with E-state index in [1.807, 2.05) is 6.07 Å². The number of ether oxygens (including phenoxy) is 1. The number of nitrogens with zero attached hydrogens (tertiary/aromatic N) is 1. The lowest BCUT2D eigenvalue weighted by Gasteiger charge is -2.05. The number of nitriles is 1. The third-order valence-corrected chi connectivity index (χ3v) is 1.99. The Morgan fingerprint density at radius 1 is 1.53 bits per heavy atom. The smallest absolute Gasteiger partial charge is 0.123 e. The van der Waals surface area contributed by atoms with E-state index in [2.05, 4.69) is 5.32 Å². The van der Waals surface area contributed by atoms with Crippen molar-refractivity contribution < 1.29 is 9.13 Å². The molecule has 0 saturated heterocycles. The number of rotatable bonds is 5. The lowest BCUT2D eigenvalue weighted by molar-refractivity contribution is 0.199. The van der Waals surface area contributed by atoms with E-state index >= 15 is 0 Å². The molecule has 0 aliphatic heterocycles. The average molecular weight is 208 g/mol. The Morgan fingerprint density at radius 3 is 3.00 bits per heavy atom. The third kappa shape index (κ3) is 3.66. The standard InChI is InChI=1S/C11H13FN2O/c1-15-5-4-14-8-10-6-11(12)3-2-9(10)7-13/h2-3,6,14H,4-5,8H2,1H3. The number of hydrogen-bond donors (Lipinski definition) is 1. The zero-order valence-electron chi connectivity index (χ0n) is 8.59. The first-order chi connectivity index (χ1) is 7.27. The van der Waals surface area contributed by atoms with E-state index in [1.54, 1.807) is 7.11 Å². The minimum atomic E-state index is -0.322. The summed E-state index contributed by atoms with van der Waals surface area (Å²) in [5.74, 6) is -0.322. The van der Waals surface area contributed by atoms with Crippen LogP contribution in [0.4, 0.5) is 4.39 Å². The Balaban J connectivity index is 2.59. The van der Waals surface area contributed by atoms with E-state index in [0.29, 0.717) is 30.8 Å². The summed E-state index contributed by atoms with van der Waals surface area (Å²) in [5, 5.41) is 11.8. The fraction of sp³-hybridized carbons (Fsp3) is 0.364. The minimum Gasteiger partial charge on any atom is -0.383 e. The van der Waals surface area contributed by atoms with Gasteiger partial charge in [-0.05, 0) is 23.8 Å². The van der Waals surface area contributed by atoms with Gasteiger partial charge in [0.2, 0.25) is 0 Å². The van der Waals surface area contributed by atoms with Crippen LogP contribution < -0.4 is 5.32 Å². The van der Waals surface area contributed by atoms with E-state index in [9.17, 15) is 4.39 Å². The molecule has 0 heterocycles. The summed E-state index contributed by atoms with van der Waals surface area (Å²) < 4.78 is 17.8. The van der Waals surface area contributed by atoms with Crippen molar-refractivity contribution >= 4 is 0 Å². The summed E-state index contributed by atoms with van der Waals surface area (Å²) >= 11 is 0. The van der Waals surface area contributed by atoms with Gasteiger partial charge in [-0.3, -0.25) is 0 Å². The Bertz CT molecular complexity index is 360. The lowest BCUT2D eigenvalue weighted by atomic mass is 10.1. The number of benzene rings is 1. The Labute approximate surface area is 88.5 Å². The van der Waals surface area contributed by atoms with Gasteiger partial charge in [0.25, 0.3) is 0 Å². The highest BCUT2D eigenvalue weighted by Gasteiger charge is 2.02. The third-order valence-electron chi connectivity index (χ3n) is 1.99. The first-order valence-corrected chi connectivity index (χ1v) is 4.66. The molecular formula is C11H13FN2O. The van der Waals surface area contributed by atoms with Crippen molar-refractivity contribution in [3.05, 3.63) is 35.1 Å². The molecule has 1 rings (SSSR count). The fourth-order valence-electron chi connectivity index (χ4n) is 1.21. The molecule has 0 amide bonds. The molecule has 1 aromatic carbocycles. The fourth-order valence-corrected chi connectivity index (χ4v) is 1.21. The van der Waals surface area contributed by atoms with Crippen molar-refractivity contribution in [2.75, 3.05) is 20.3 Å². The predicted molar refractivity (Wildman–Crippen MR) is 54.7 cm³/mol. The summed E-state index contributed by atoms with van der Waals surface area (Å²) in [6.07, 6.45) is 0. The zero-order chi connectivity index (χ0) is 11.1. The van der Waals surface area contributed by atoms with Gasteiger partial charge in [0, 0.05) is 20.2 Å². The number of hydrogen-bond acceptors (Lipinski definition) is 3. The van der Waals surface area contributed by atoms with Gasteiger partial charge in [-0.2, -0.15) is 5.26 Å². The van der Waals surface area contributed by atoms with E-state index in [4.69, 9.17) is 10.00 Å². The summed E-state index contributed by atoms with van der Waals surface area (Å²) in [6.45, 7) is 1.75. The van der Waals surface area contributed by atoms with Gasteiger partial charge >= 0.3 is 0 Å². The Kier molecular flexibility index (Phi) is 4.75. The molecule has 1 N–H and O–H groups in total. The molecule has 0 fully saturated rings. The molecule has 1 aromatic rings. The predicted octanol–water partition coefficient (Wildman–Crippen LogP) is 1.43. The maximum absolute atomic E-state index is 12.9. The van der Waals surface area contributed by atoms with E-state index in [-0.39, 0.29) is 5.82 Å². The summed E-state index contributed by atoms with van der Waals surface area (Å²) in [5.41, 5.74) is 1.18. The molecule has 0 atom stereocenters. The van der Waals surface area contributed by atoms with Crippen molar-refractivity contribution in [2.45, 2.75) is 6.54 Å². The monoisotopic (exact) mass is 208 g/mol. The molecular weight excluding hydrogens is 195 g/mol. The second-order valence-corrected chi connectivity index (χ2v) is 3.08. The van der Waals surface area contributed by atoms with Crippen LogP contribution in [0, 0.1) is 17.1 Å². The molecule has 0 spiro atoms. The van der Waals surface area contributed by atoms with Crippen molar-refractivity contribution in [2.24, 2.45) is 0 Å². The maximum atomic E-state index is 12.9. The molecule has 0 saturated carbocycles. The van der Waals surface area contributed by atoms with Crippen LogP contribution in [-0.4, -0.2) is 20.3 Å². The molecule has 0 bridgehead atoms. The van der Waals surface area contributed by atoms with Crippen LogP contribution in [-0.2, 0) is 11.3 Å². The van der Waals surface area contributed by atoms with Gasteiger partial charge in [0.05, 0.1) is 18.2 Å². The molecule has 3 nitrogen and oxygen atoms in total. The van der Waals surface area contributed by atoms with Gasteiger partial charge in [0.1, 0.15) is 5.82 Å². The minimum absolute atomic E-state index is 0.322. The molecule has 4 heteroatoms. The molecule has 0 aliphatic carbocycles. The van der Waals surface area contributed by atoms with Gasteiger partial charge in [-0.15, -0.1) is 0 Å². The zero-order valence-corrected chi connectivity index (χ0v) is 8.59. The molecule has 0 unspecified atom stereocenters. The molecule has 15 heavy (non-hydrogen) atoms. The van der Waals surface area contributed by atoms with Gasteiger partial charge < -0.3 is 10.1 Å². The summed E-state index contributed by atoms with van der Waals surface area (Å²) in [7, 11) is 1.62. The Morgan fingerprint density at radius 2 is 2.33 bits per heavy atom. The van der Waals surface area contributed by atoms with E-state index in [0.717, 1.165) is 0 Å². The Hall–Kier alpha value is -1.44. The number of halogens is 1. The van der Waals surface area contributed by atoms with Crippen LogP contribution in [0.3, 0.4) is 0 Å². The van der Waals surface area contributed by atoms with E-state index < -0.39 is 0 Å². The topological polar surface area (TPSA) is 45.0 Å². The second-order valence-electron chi connectivity index (χ2n) is 3.08. The first kappa shape index (κ1) is 11.6. The van der Waals surface area contributed by atoms with Crippen molar-refractivity contribution in [3.63, 3.8) is 0 Å². The second kappa shape index (κ2) is 6.12. The summed E-state index contributed by atoms with van der Waals surface area (Å²) in [6, 6.07) is 6.18. The van der Waals surface area contributed by atoms with Gasteiger partial charge in [0.15, 0.2) is 0 Å². The average Bonchev–Trinajstić information content (AvgIpc) is 2.25. The van der Waals surface area contributed by atoms with Crippen molar-refractivity contribution in [1.82, 2.24) is 5.32 Å². The highest BCUT2D eigenvalue weighted by Crippen LogP contribution is 2.09. The highest BCUT2D eigenvalue weighted by molar-refractivity contribution is 5.37. The van der Waals surface area contributed by atoms with Crippen LogP contribution in [0.5, 0.6) is 0 Å². The molecule has 0 radical (unpaired) electrons. The van der Waals surface area contributed by atoms with Crippen LogP contribution in [0.2, 0.25) is 0 Å². The lowest BCUT2D eigenvalue weighted by Crippen LogP contribution is -2.19. The van der Waals surface area contributed by atoms with Crippen LogP contribution in [0.1, 0.15) is 11.1 Å². The largest absolute Gasteiger partial charge is 0.383 e. The number of methoxy groups -OCH3 is 1. The molecule has 80 valence electrons. The van der Waals surface area contributed by atoms with Gasteiger partial charge in [-0.25, -0.2) is 4.39 Å². The van der Waals surface area contributed by atoms with Crippen LogP contribution in [0.25, 0.3) is 0 Å². The maximum Gasteiger partial charge on any atom is 0.123 e. The highest BCUT2D eigenvalue weighted by atomic mass is 19.1. The van der Waals surface area contributed by atoms with Crippen molar-refractivity contribution in [1.29, 1.82) is 5.26 Å². The SMILES string of the molecule is COCCNCc1cc(F)ccc1C#N. The first-order valence-electron chi connectivity index (χ1n) is 4.66. The quantitative estimate of drug-likeness (QED) is 0.744. The summed E-state index contributed by atoms with van der Waals surface area (Å²) in [4.78, 5) is 0. The molecule has 0 aliphatic rings. The van der Waals surface area contributed by atoms with Gasteiger partial charge in [-0.1, -0.05) is 0 Å². The van der Waals surface area contributed by atoms with Crippen LogP contribution >= 0.6 is 0 Å². The van der Waals surface area contributed by atoms with E-state index in [1.165, 1.54) is 18.2 Å². The normalized spacial score (nSPS) is 9.93.